The van der Waals surface area contributed by atoms with Crippen LogP contribution in [0.1, 0.15) is 24.0 Å². The van der Waals surface area contributed by atoms with Gasteiger partial charge in [0.2, 0.25) is 0 Å². The third kappa shape index (κ3) is 2.04. The van der Waals surface area contributed by atoms with E-state index in [1.165, 1.54) is 11.1 Å². The predicted molar refractivity (Wildman–Crippen MR) is 83.0 cm³/mol. The van der Waals surface area contributed by atoms with Crippen molar-refractivity contribution >= 4 is 5.91 Å². The lowest BCUT2D eigenvalue weighted by molar-refractivity contribution is -0.143. The van der Waals surface area contributed by atoms with Gasteiger partial charge in [-0.05, 0) is 43.1 Å². The van der Waals surface area contributed by atoms with Crippen molar-refractivity contribution in [3.8, 4) is 0 Å². The molecule has 2 aromatic rings. The second kappa shape index (κ2) is 5.25. The molecule has 2 aliphatic rings. The molecule has 1 saturated heterocycles. The number of fused-ring (bicyclic) bond motifs is 1. The Hall–Kier alpha value is -2.14. The number of rotatable bonds is 2. The van der Waals surface area contributed by atoms with E-state index in [0.717, 1.165) is 25.9 Å². The zero-order chi connectivity index (χ0) is 15.0. The normalized spacial score (nSPS) is 19.9. The fraction of sp³-hybridized carbons (Fsp3) is 0.412. The van der Waals surface area contributed by atoms with Crippen molar-refractivity contribution in [3.05, 3.63) is 53.9 Å². The van der Waals surface area contributed by atoms with Crippen LogP contribution in [0.5, 0.6) is 0 Å². The number of nitrogens with one attached hydrogen (secondary N) is 1. The summed E-state index contributed by atoms with van der Waals surface area (Å²) >= 11 is 0. The highest BCUT2D eigenvalue weighted by atomic mass is 16.2. The van der Waals surface area contributed by atoms with Crippen LogP contribution in [0.2, 0.25) is 0 Å². The first kappa shape index (κ1) is 13.5. The minimum Gasteiger partial charge on any atom is -0.332 e. The fourth-order valence-corrected chi connectivity index (χ4v) is 3.67. The monoisotopic (exact) mass is 296 g/mol. The average Bonchev–Trinajstić information content (AvgIpc) is 3.24. The van der Waals surface area contributed by atoms with E-state index in [1.54, 1.807) is 6.20 Å². The van der Waals surface area contributed by atoms with Crippen LogP contribution >= 0.6 is 0 Å². The molecular weight excluding hydrogens is 276 g/mol. The molecule has 0 aliphatic carbocycles. The van der Waals surface area contributed by atoms with Crippen molar-refractivity contribution in [1.82, 2.24) is 20.0 Å². The molecule has 0 bridgehead atoms. The topological polar surface area (TPSA) is 50.2 Å². The maximum absolute atomic E-state index is 13.3. The molecule has 2 aliphatic heterocycles. The van der Waals surface area contributed by atoms with Crippen LogP contribution < -0.4 is 5.32 Å². The van der Waals surface area contributed by atoms with E-state index in [1.807, 2.05) is 34.0 Å². The first-order valence-electron chi connectivity index (χ1n) is 7.87. The molecule has 4 rings (SSSR count). The van der Waals surface area contributed by atoms with Gasteiger partial charge in [-0.15, -0.1) is 0 Å². The third-order valence-corrected chi connectivity index (χ3v) is 4.90. The van der Waals surface area contributed by atoms with Gasteiger partial charge in [-0.3, -0.25) is 9.48 Å². The fourth-order valence-electron chi connectivity index (χ4n) is 3.67. The molecule has 0 radical (unpaired) electrons. The lowest BCUT2D eigenvalue weighted by Gasteiger charge is -2.39. The number of carbonyl (C=O) groups is 1. The van der Waals surface area contributed by atoms with Gasteiger partial charge in [-0.25, -0.2) is 0 Å². The van der Waals surface area contributed by atoms with Gasteiger partial charge in [-0.2, -0.15) is 5.10 Å². The number of hydrogen-bond acceptors (Lipinski definition) is 3. The van der Waals surface area contributed by atoms with Crippen LogP contribution in [0.15, 0.2) is 42.7 Å². The van der Waals surface area contributed by atoms with Gasteiger partial charge in [0, 0.05) is 25.5 Å². The van der Waals surface area contributed by atoms with Crippen LogP contribution in [-0.2, 0) is 23.4 Å². The lowest BCUT2D eigenvalue weighted by atomic mass is 9.87. The third-order valence-electron chi connectivity index (χ3n) is 4.90. The van der Waals surface area contributed by atoms with Gasteiger partial charge in [0.15, 0.2) is 0 Å². The molecule has 0 unspecified atom stereocenters. The molecule has 22 heavy (non-hydrogen) atoms. The minimum atomic E-state index is -0.531. The van der Waals surface area contributed by atoms with Crippen molar-refractivity contribution in [3.63, 3.8) is 0 Å². The molecule has 1 aromatic carbocycles. The van der Waals surface area contributed by atoms with Gasteiger partial charge in [0.1, 0.15) is 5.54 Å². The molecular formula is C17H20N4O. The summed E-state index contributed by atoms with van der Waals surface area (Å²) in [6, 6.07) is 10.2. The molecule has 0 saturated carbocycles. The van der Waals surface area contributed by atoms with Crippen LogP contribution in [-0.4, -0.2) is 33.7 Å². The van der Waals surface area contributed by atoms with E-state index in [9.17, 15) is 4.79 Å². The minimum absolute atomic E-state index is 0.203. The average molecular weight is 296 g/mol. The zero-order valence-electron chi connectivity index (χ0n) is 12.5. The Labute approximate surface area is 129 Å². The molecule has 1 aromatic heterocycles. The van der Waals surface area contributed by atoms with Crippen molar-refractivity contribution < 1.29 is 4.79 Å². The molecule has 5 nitrogen and oxygen atoms in total. The Morgan fingerprint density at radius 1 is 1.09 bits per heavy atom. The summed E-state index contributed by atoms with van der Waals surface area (Å²) < 4.78 is 1.87. The molecule has 1 N–H and O–H groups in total. The number of nitrogens with zero attached hydrogens (tertiary/aromatic N) is 3. The Kier molecular flexibility index (Phi) is 3.22. The number of piperidine rings is 1. The van der Waals surface area contributed by atoms with Crippen LogP contribution in [0.4, 0.5) is 0 Å². The highest BCUT2D eigenvalue weighted by Gasteiger charge is 2.45. The standard InChI is InChI=1S/C17H20N4O/c22-16(20-12-14-4-1-2-5-15(14)13-20)17(6-9-18-10-7-17)21-11-3-8-19-21/h1-5,8,11,18H,6-7,9-10,12-13H2. The lowest BCUT2D eigenvalue weighted by Crippen LogP contribution is -2.54. The maximum atomic E-state index is 13.3. The van der Waals surface area contributed by atoms with Gasteiger partial charge >= 0.3 is 0 Å². The maximum Gasteiger partial charge on any atom is 0.251 e. The smallest absolute Gasteiger partial charge is 0.251 e. The van der Waals surface area contributed by atoms with E-state index in [-0.39, 0.29) is 5.91 Å². The van der Waals surface area contributed by atoms with Crippen LogP contribution in [0, 0.1) is 0 Å². The van der Waals surface area contributed by atoms with Crippen LogP contribution in [0.3, 0.4) is 0 Å². The largest absolute Gasteiger partial charge is 0.332 e. The Morgan fingerprint density at radius 3 is 2.36 bits per heavy atom. The molecule has 114 valence electrons. The summed E-state index contributed by atoms with van der Waals surface area (Å²) in [5.74, 6) is 0.203. The van der Waals surface area contributed by atoms with E-state index in [0.29, 0.717) is 13.1 Å². The number of amides is 1. The molecule has 5 heteroatoms. The first-order valence-corrected chi connectivity index (χ1v) is 7.87. The number of benzene rings is 1. The Bertz CT molecular complexity index is 649. The second-order valence-corrected chi connectivity index (χ2v) is 6.16. The molecule has 3 heterocycles. The molecule has 0 spiro atoms. The number of carbonyl (C=O) groups excluding carboxylic acids is 1. The number of hydrogen-bond donors (Lipinski definition) is 1. The van der Waals surface area contributed by atoms with Gasteiger partial charge in [0.05, 0.1) is 0 Å². The van der Waals surface area contributed by atoms with Crippen molar-refractivity contribution in [2.75, 3.05) is 13.1 Å². The summed E-state index contributed by atoms with van der Waals surface area (Å²) in [6.07, 6.45) is 5.27. The summed E-state index contributed by atoms with van der Waals surface area (Å²) in [4.78, 5) is 15.3. The van der Waals surface area contributed by atoms with E-state index in [4.69, 9.17) is 0 Å². The Balaban J connectivity index is 1.65. The van der Waals surface area contributed by atoms with Gasteiger partial charge < -0.3 is 10.2 Å². The highest BCUT2D eigenvalue weighted by Crippen LogP contribution is 2.33. The molecule has 1 fully saturated rings. The van der Waals surface area contributed by atoms with Gasteiger partial charge in [-0.1, -0.05) is 24.3 Å². The van der Waals surface area contributed by atoms with Gasteiger partial charge in [0.25, 0.3) is 5.91 Å². The van der Waals surface area contributed by atoms with E-state index >= 15 is 0 Å². The summed E-state index contributed by atoms with van der Waals surface area (Å²) in [6.45, 7) is 3.13. The van der Waals surface area contributed by atoms with Crippen molar-refractivity contribution in [2.24, 2.45) is 0 Å². The first-order chi connectivity index (χ1) is 10.8. The SMILES string of the molecule is O=C(N1Cc2ccccc2C1)C1(n2cccn2)CCNCC1. The molecule has 1 amide bonds. The van der Waals surface area contributed by atoms with E-state index in [2.05, 4.69) is 22.5 Å². The highest BCUT2D eigenvalue weighted by molar-refractivity contribution is 5.85. The summed E-state index contributed by atoms with van der Waals surface area (Å²) in [5, 5.41) is 7.75. The van der Waals surface area contributed by atoms with Crippen molar-refractivity contribution in [1.29, 1.82) is 0 Å². The predicted octanol–water partition coefficient (Wildman–Crippen LogP) is 1.50. The number of aromatic nitrogens is 2. The second-order valence-electron chi connectivity index (χ2n) is 6.16. The Morgan fingerprint density at radius 2 is 1.77 bits per heavy atom. The van der Waals surface area contributed by atoms with Crippen LogP contribution in [0.25, 0.3) is 0 Å². The zero-order valence-corrected chi connectivity index (χ0v) is 12.5. The quantitative estimate of drug-likeness (QED) is 0.914. The summed E-state index contributed by atoms with van der Waals surface area (Å²) in [5.41, 5.74) is 2.00. The van der Waals surface area contributed by atoms with Crippen molar-refractivity contribution in [2.45, 2.75) is 31.5 Å². The van der Waals surface area contributed by atoms with E-state index < -0.39 is 5.54 Å². The molecule has 0 atom stereocenters. The summed E-state index contributed by atoms with van der Waals surface area (Å²) in [7, 11) is 0.